The Morgan fingerprint density at radius 2 is 0.917 bits per heavy atom. The summed E-state index contributed by atoms with van der Waals surface area (Å²) in [7, 11) is 0. The third-order valence-corrected chi connectivity index (χ3v) is 11.3. The molecule has 0 fully saturated rings. The number of furan rings is 1. The molecule has 11 aromatic rings. The van der Waals surface area contributed by atoms with E-state index in [0.29, 0.717) is 0 Å². The molecule has 9 aromatic carbocycles. The van der Waals surface area contributed by atoms with Crippen molar-refractivity contribution in [2.45, 2.75) is 0 Å². The van der Waals surface area contributed by atoms with Crippen molar-refractivity contribution in [1.82, 2.24) is 0 Å². The van der Waals surface area contributed by atoms with Crippen molar-refractivity contribution in [2.24, 2.45) is 0 Å². The molecule has 2 heteroatoms. The fraction of sp³-hybridized carbons (Fsp3) is 0. The van der Waals surface area contributed by atoms with Crippen molar-refractivity contribution in [3.05, 3.63) is 158 Å². The van der Waals surface area contributed by atoms with E-state index in [9.17, 15) is 0 Å². The van der Waals surface area contributed by atoms with Crippen molar-refractivity contribution in [3.8, 4) is 22.3 Å². The van der Waals surface area contributed by atoms with Gasteiger partial charge in [-0.25, -0.2) is 0 Å². The maximum atomic E-state index is 6.32. The summed E-state index contributed by atoms with van der Waals surface area (Å²) in [5.41, 5.74) is 6.95. The number of rotatable bonds is 2. The second-order valence-electron chi connectivity index (χ2n) is 12.8. The van der Waals surface area contributed by atoms with E-state index in [1.54, 1.807) is 0 Å². The summed E-state index contributed by atoms with van der Waals surface area (Å²) in [5, 5.41) is 15.1. The first kappa shape index (κ1) is 26.1. The van der Waals surface area contributed by atoms with E-state index in [4.69, 9.17) is 4.42 Å². The number of fused-ring (bicyclic) bond motifs is 12. The van der Waals surface area contributed by atoms with Crippen molar-refractivity contribution in [2.75, 3.05) is 0 Å². The normalized spacial score (nSPS) is 12.2. The number of thiophene rings is 1. The second kappa shape index (κ2) is 9.78. The van der Waals surface area contributed by atoms with Crippen LogP contribution in [0.1, 0.15) is 0 Å². The van der Waals surface area contributed by atoms with Gasteiger partial charge in [0.25, 0.3) is 0 Å². The van der Waals surface area contributed by atoms with Gasteiger partial charge in [0.1, 0.15) is 11.2 Å². The van der Waals surface area contributed by atoms with Crippen molar-refractivity contribution in [1.29, 1.82) is 0 Å². The molecule has 0 atom stereocenters. The summed E-state index contributed by atoms with van der Waals surface area (Å²) in [5.74, 6) is 0. The van der Waals surface area contributed by atoms with Gasteiger partial charge in [-0.15, -0.1) is 11.3 Å². The van der Waals surface area contributed by atoms with Gasteiger partial charge >= 0.3 is 0 Å². The summed E-state index contributed by atoms with van der Waals surface area (Å²) in [6.45, 7) is 0. The predicted molar refractivity (Wildman–Crippen MR) is 208 cm³/mol. The van der Waals surface area contributed by atoms with Gasteiger partial charge in [-0.1, -0.05) is 127 Å². The molecule has 2 aromatic heterocycles. The van der Waals surface area contributed by atoms with E-state index >= 15 is 0 Å². The lowest BCUT2D eigenvalue weighted by Crippen LogP contribution is -1.90. The zero-order valence-corrected chi connectivity index (χ0v) is 26.6. The third-order valence-electron chi connectivity index (χ3n) is 10.2. The van der Waals surface area contributed by atoms with Crippen LogP contribution in [0.15, 0.2) is 162 Å². The molecule has 0 spiro atoms. The highest BCUT2D eigenvalue weighted by Crippen LogP contribution is 2.47. The number of hydrogen-bond acceptors (Lipinski definition) is 2. The summed E-state index contributed by atoms with van der Waals surface area (Å²) in [6, 6.07) is 57.8. The molecule has 222 valence electrons. The van der Waals surface area contributed by atoms with Gasteiger partial charge in [0.05, 0.1) is 0 Å². The minimum Gasteiger partial charge on any atom is -0.456 e. The van der Waals surface area contributed by atoms with Gasteiger partial charge in [0.15, 0.2) is 0 Å². The Morgan fingerprint density at radius 3 is 1.67 bits per heavy atom. The third kappa shape index (κ3) is 3.61. The Balaban J connectivity index is 1.20. The molecule has 0 radical (unpaired) electrons. The lowest BCUT2D eigenvalue weighted by atomic mass is 9.85. The summed E-state index contributed by atoms with van der Waals surface area (Å²) >= 11 is 1.88. The van der Waals surface area contributed by atoms with Crippen molar-refractivity contribution in [3.63, 3.8) is 0 Å². The molecule has 0 unspecified atom stereocenters. The van der Waals surface area contributed by atoms with Gasteiger partial charge in [-0.3, -0.25) is 0 Å². The molecule has 1 nitrogen and oxygen atoms in total. The zero-order valence-electron chi connectivity index (χ0n) is 25.8. The molecule has 0 aliphatic carbocycles. The van der Waals surface area contributed by atoms with Gasteiger partial charge in [-0.05, 0) is 90.3 Å². The van der Waals surface area contributed by atoms with E-state index in [-0.39, 0.29) is 0 Å². The van der Waals surface area contributed by atoms with Crippen molar-refractivity contribution >= 4 is 96.5 Å². The van der Waals surface area contributed by atoms with Crippen LogP contribution in [0.25, 0.3) is 107 Å². The molecule has 0 saturated carbocycles. The van der Waals surface area contributed by atoms with Gasteiger partial charge < -0.3 is 4.42 Å². The Labute approximate surface area is 279 Å². The molecule has 11 rings (SSSR count). The van der Waals surface area contributed by atoms with Crippen LogP contribution in [-0.2, 0) is 0 Å². The lowest BCUT2D eigenvalue weighted by Gasteiger charge is -2.18. The van der Waals surface area contributed by atoms with Gasteiger partial charge in [0, 0.05) is 36.3 Å². The van der Waals surface area contributed by atoms with Crippen LogP contribution >= 0.6 is 11.3 Å². The molecule has 0 aliphatic rings. The summed E-state index contributed by atoms with van der Waals surface area (Å²) < 4.78 is 8.92. The lowest BCUT2D eigenvalue weighted by molar-refractivity contribution is 0.669. The molecular weight excluding hydrogens is 601 g/mol. The van der Waals surface area contributed by atoms with E-state index in [1.165, 1.54) is 96.3 Å². The van der Waals surface area contributed by atoms with Crippen LogP contribution in [0.2, 0.25) is 0 Å². The first-order valence-corrected chi connectivity index (χ1v) is 17.2. The Morgan fingerprint density at radius 1 is 0.333 bits per heavy atom. The first-order valence-electron chi connectivity index (χ1n) is 16.4. The van der Waals surface area contributed by atoms with Crippen LogP contribution in [0.4, 0.5) is 0 Å². The van der Waals surface area contributed by atoms with Crippen LogP contribution in [0.5, 0.6) is 0 Å². The quantitative estimate of drug-likeness (QED) is 0.174. The average Bonchev–Trinajstić information content (AvgIpc) is 3.71. The van der Waals surface area contributed by atoms with Crippen molar-refractivity contribution < 1.29 is 4.42 Å². The molecule has 48 heavy (non-hydrogen) atoms. The maximum absolute atomic E-state index is 6.32. The van der Waals surface area contributed by atoms with Crippen LogP contribution in [0, 0.1) is 0 Å². The zero-order chi connectivity index (χ0) is 31.3. The van der Waals surface area contributed by atoms with Gasteiger partial charge in [0.2, 0.25) is 0 Å². The van der Waals surface area contributed by atoms with E-state index in [0.717, 1.165) is 11.2 Å². The SMILES string of the molecule is c1ccc2cc(-c3c4ccccc4c(-c4ccc5c(c4)sc4ccc6ccc7oc8ccccc8c7c6c45)c4ccccc34)ccc2c1. The van der Waals surface area contributed by atoms with E-state index in [1.807, 2.05) is 17.4 Å². The molecule has 0 N–H and O–H groups in total. The molecule has 0 aliphatic heterocycles. The second-order valence-corrected chi connectivity index (χ2v) is 13.9. The highest BCUT2D eigenvalue weighted by molar-refractivity contribution is 7.26. The number of para-hydroxylation sites is 1. The van der Waals surface area contributed by atoms with Crippen LogP contribution in [-0.4, -0.2) is 0 Å². The highest BCUT2D eigenvalue weighted by Gasteiger charge is 2.19. The summed E-state index contributed by atoms with van der Waals surface area (Å²) in [4.78, 5) is 0. The number of benzene rings is 9. The van der Waals surface area contributed by atoms with E-state index in [2.05, 4.69) is 152 Å². The Hall–Kier alpha value is -5.96. The Kier molecular flexibility index (Phi) is 5.32. The average molecular weight is 627 g/mol. The standard InChI is InChI=1S/C46H26OS/c1-2-10-29-25-30(18-17-27(29)9-1)42-32-11-3-5-13-34(32)43(35-14-6-4-12-33(35)42)31-19-22-37-41(26-31)48-40-24-21-28-20-23-39-45(44(28)46(37)40)36-15-7-8-16-38(36)47-39/h1-26H. The summed E-state index contributed by atoms with van der Waals surface area (Å²) in [6.07, 6.45) is 0. The monoisotopic (exact) mass is 626 g/mol. The topological polar surface area (TPSA) is 13.1 Å². The molecule has 0 bridgehead atoms. The van der Waals surface area contributed by atoms with Crippen LogP contribution < -0.4 is 0 Å². The smallest absolute Gasteiger partial charge is 0.136 e. The fourth-order valence-electron chi connectivity index (χ4n) is 8.15. The fourth-order valence-corrected chi connectivity index (χ4v) is 9.30. The van der Waals surface area contributed by atoms with Crippen LogP contribution in [0.3, 0.4) is 0 Å². The van der Waals surface area contributed by atoms with E-state index < -0.39 is 0 Å². The first-order chi connectivity index (χ1) is 23.8. The molecule has 0 saturated heterocycles. The largest absolute Gasteiger partial charge is 0.456 e. The molecular formula is C46H26OS. The minimum atomic E-state index is 0.935. The Bertz CT molecular complexity index is 3060. The minimum absolute atomic E-state index is 0.935. The predicted octanol–water partition coefficient (Wildman–Crippen LogP) is 13.9. The molecule has 0 amide bonds. The maximum Gasteiger partial charge on any atom is 0.136 e. The highest BCUT2D eigenvalue weighted by atomic mass is 32.1. The molecule has 2 heterocycles. The number of hydrogen-bond donors (Lipinski definition) is 0. The van der Waals surface area contributed by atoms with Gasteiger partial charge in [-0.2, -0.15) is 0 Å².